The average molecular weight is 817 g/mol. The van der Waals surface area contributed by atoms with Crippen LogP contribution < -0.4 is 30.6 Å². The number of carbonyl (C=O) groups excluding carboxylic acids is 2. The molecule has 306 valence electrons. The van der Waals surface area contributed by atoms with E-state index < -0.39 is 23.4 Å². The minimum atomic E-state index is -0.864. The molecule has 2 amide bonds. The third-order valence-electron chi connectivity index (χ3n) is 13.1. The molecule has 2 spiro atoms. The number of nitrogens with zero attached hydrogens (tertiary/aromatic N) is 5. The molecular formula is C42H47F3N8O4S. The van der Waals surface area contributed by atoms with E-state index in [1.807, 2.05) is 18.3 Å². The van der Waals surface area contributed by atoms with Crippen molar-refractivity contribution in [2.45, 2.75) is 76.4 Å². The van der Waals surface area contributed by atoms with Gasteiger partial charge in [-0.05, 0) is 119 Å². The van der Waals surface area contributed by atoms with Crippen molar-refractivity contribution in [3.63, 3.8) is 0 Å². The summed E-state index contributed by atoms with van der Waals surface area (Å²) in [6.45, 7) is 6.38. The third-order valence-corrected chi connectivity index (χ3v) is 14.0. The Kier molecular flexibility index (Phi) is 10.1. The zero-order chi connectivity index (χ0) is 40.3. The fraction of sp³-hybridized carbons (Fsp3) is 0.476. The van der Waals surface area contributed by atoms with Crippen LogP contribution in [0.3, 0.4) is 0 Å². The molecule has 9 rings (SSSR count). The zero-order valence-corrected chi connectivity index (χ0v) is 33.3. The summed E-state index contributed by atoms with van der Waals surface area (Å²) in [7, 11) is 1.84. The minimum Gasteiger partial charge on any atom is -0.451 e. The highest BCUT2D eigenvalue weighted by Crippen LogP contribution is 2.57. The predicted molar refractivity (Wildman–Crippen MR) is 217 cm³/mol. The zero-order valence-electron chi connectivity index (χ0n) is 32.5. The van der Waals surface area contributed by atoms with Crippen LogP contribution in [-0.4, -0.2) is 82.4 Å². The molecule has 1 atom stereocenters. The van der Waals surface area contributed by atoms with Crippen molar-refractivity contribution in [3.05, 3.63) is 82.7 Å². The molecule has 4 aromatic rings. The molecule has 1 aromatic heterocycles. The highest BCUT2D eigenvalue weighted by molar-refractivity contribution is 7.98. The molecule has 0 radical (unpaired) electrons. The first-order valence-corrected chi connectivity index (χ1v) is 20.9. The van der Waals surface area contributed by atoms with Crippen molar-refractivity contribution in [3.8, 4) is 11.5 Å². The van der Waals surface area contributed by atoms with Gasteiger partial charge in [0.2, 0.25) is 17.6 Å². The monoisotopic (exact) mass is 816 g/mol. The number of fused-ring (bicyclic) bond motifs is 1. The van der Waals surface area contributed by atoms with Crippen molar-refractivity contribution >= 4 is 51.9 Å². The number of amides is 2. The van der Waals surface area contributed by atoms with Gasteiger partial charge in [0.1, 0.15) is 17.6 Å². The molecule has 16 heteroatoms. The normalized spacial score (nSPS) is 22.8. The lowest BCUT2D eigenvalue weighted by Gasteiger charge is -2.63. The molecule has 4 heterocycles. The van der Waals surface area contributed by atoms with E-state index in [1.165, 1.54) is 30.3 Å². The van der Waals surface area contributed by atoms with E-state index >= 15 is 8.78 Å². The highest BCUT2D eigenvalue weighted by atomic mass is 32.2. The maximum Gasteiger partial charge on any atom is 0.261 e. The number of benzene rings is 3. The second kappa shape index (κ2) is 15.1. The van der Waals surface area contributed by atoms with Crippen molar-refractivity contribution in [1.82, 2.24) is 24.1 Å². The smallest absolute Gasteiger partial charge is 0.261 e. The Labute approximate surface area is 338 Å². The van der Waals surface area contributed by atoms with Gasteiger partial charge in [-0.1, -0.05) is 6.92 Å². The number of rotatable bonds is 11. The van der Waals surface area contributed by atoms with Gasteiger partial charge >= 0.3 is 0 Å². The average Bonchev–Trinajstić information content (AvgIpc) is 3.16. The van der Waals surface area contributed by atoms with Gasteiger partial charge in [0, 0.05) is 61.4 Å². The number of nitrogens with one attached hydrogen (secondary N) is 3. The molecule has 3 aliphatic heterocycles. The third kappa shape index (κ3) is 7.27. The van der Waals surface area contributed by atoms with E-state index in [1.54, 1.807) is 35.2 Å². The quantitative estimate of drug-likeness (QED) is 0.109. The first-order valence-electron chi connectivity index (χ1n) is 20.1. The molecule has 2 saturated carbocycles. The van der Waals surface area contributed by atoms with Crippen LogP contribution >= 0.6 is 12.1 Å². The van der Waals surface area contributed by atoms with Crippen molar-refractivity contribution < 1.29 is 27.5 Å². The molecule has 12 nitrogen and oxygen atoms in total. The molecule has 2 aliphatic carbocycles. The fourth-order valence-corrected chi connectivity index (χ4v) is 10.2. The van der Waals surface area contributed by atoms with E-state index in [2.05, 4.69) is 30.1 Å². The first kappa shape index (κ1) is 38.7. The van der Waals surface area contributed by atoms with Crippen molar-refractivity contribution in [2.75, 3.05) is 54.7 Å². The number of hydrogen-bond donors (Lipinski definition) is 3. The molecule has 1 unspecified atom stereocenters. The van der Waals surface area contributed by atoms with Crippen LogP contribution in [0.15, 0.2) is 59.7 Å². The number of aromatic nitrogens is 2. The summed E-state index contributed by atoms with van der Waals surface area (Å²) in [4.78, 5) is 46.6. The van der Waals surface area contributed by atoms with Crippen LogP contribution in [0.2, 0.25) is 0 Å². The molecule has 5 aliphatic rings. The summed E-state index contributed by atoms with van der Waals surface area (Å²) in [5, 5.41) is 5.71. The molecule has 3 saturated heterocycles. The van der Waals surface area contributed by atoms with Gasteiger partial charge in [0.05, 0.1) is 28.6 Å². The summed E-state index contributed by atoms with van der Waals surface area (Å²) in [5.74, 6) is -3.11. The minimum absolute atomic E-state index is 0.0347. The molecular weight excluding hydrogens is 770 g/mol. The van der Waals surface area contributed by atoms with Crippen LogP contribution in [0.25, 0.3) is 10.9 Å². The lowest BCUT2D eigenvalue weighted by atomic mass is 9.57. The number of hydrogen-bond acceptors (Lipinski definition) is 11. The summed E-state index contributed by atoms with van der Waals surface area (Å²) in [6.07, 6.45) is 8.44. The van der Waals surface area contributed by atoms with E-state index in [4.69, 9.17) is 4.74 Å². The molecule has 5 fully saturated rings. The second-order valence-electron chi connectivity index (χ2n) is 16.9. The summed E-state index contributed by atoms with van der Waals surface area (Å²) < 4.78 is 57.4. The summed E-state index contributed by atoms with van der Waals surface area (Å²) in [6, 6.07) is 12.2. The van der Waals surface area contributed by atoms with Gasteiger partial charge in [0.25, 0.3) is 5.56 Å². The maximum absolute atomic E-state index is 15.3. The lowest BCUT2D eigenvalue weighted by Crippen LogP contribution is -2.67. The molecule has 3 N–H and O–H groups in total. The Hall–Kier alpha value is -4.80. The number of halogens is 3. The predicted octanol–water partition coefficient (Wildman–Crippen LogP) is 6.84. The first-order chi connectivity index (χ1) is 27.9. The Morgan fingerprint density at radius 2 is 1.71 bits per heavy atom. The lowest BCUT2D eigenvalue weighted by molar-refractivity contribution is -0.133. The van der Waals surface area contributed by atoms with Crippen LogP contribution in [-0.2, 0) is 9.59 Å². The molecule has 58 heavy (non-hydrogen) atoms. The van der Waals surface area contributed by atoms with Gasteiger partial charge in [0.15, 0.2) is 11.6 Å². The van der Waals surface area contributed by atoms with Gasteiger partial charge in [-0.2, -0.15) is 0 Å². The Balaban J connectivity index is 0.762. The SMILES string of the molecule is CCN(C)SNc1ccc(F)c(Oc2ccc3ncn(C4CC5(CCN(C6CC7(C6)CN(c6ccc(NC8CCC(=O)NC8=O)cc6F)C7)CC5)C4)c(=O)c3c2)c1F. The van der Waals surface area contributed by atoms with Crippen LogP contribution in [0.1, 0.15) is 64.3 Å². The van der Waals surface area contributed by atoms with Crippen LogP contribution in [0.4, 0.5) is 30.2 Å². The molecule has 3 aromatic carbocycles. The number of anilines is 3. The standard InChI is InChI=1S/C42H47F3N8O4S/c1-3-50(2)58-49-33-8-6-30(43)38(37(33)45)57-28-5-7-32-29(17-28)40(56)53(24-46-32)27-20-41(21-27)12-14-51(15-13-41)26-18-42(19-26)22-52(23-42)35-10-4-25(16-31(35)44)47-34-9-11-36(54)48-39(34)55/h4-8,10,16-17,24,26-27,34,47,49H,3,9,11-15,18-23H2,1-2H3,(H,48,54,55). The van der Waals surface area contributed by atoms with E-state index in [0.717, 1.165) is 77.3 Å². The van der Waals surface area contributed by atoms with Gasteiger partial charge in [-0.25, -0.2) is 22.5 Å². The maximum atomic E-state index is 15.3. The Bertz CT molecular complexity index is 2320. The van der Waals surface area contributed by atoms with Gasteiger partial charge in [-0.3, -0.25) is 24.3 Å². The number of carbonyl (C=O) groups is 2. The highest BCUT2D eigenvalue weighted by Gasteiger charge is 2.55. The number of piperidine rings is 2. The summed E-state index contributed by atoms with van der Waals surface area (Å²) in [5.41, 5.74) is 1.89. The number of imide groups is 1. The molecule has 0 bridgehead atoms. The Morgan fingerprint density at radius 1 is 0.948 bits per heavy atom. The fourth-order valence-electron chi connectivity index (χ4n) is 9.64. The van der Waals surface area contributed by atoms with E-state index in [0.29, 0.717) is 34.7 Å². The van der Waals surface area contributed by atoms with Crippen molar-refractivity contribution in [1.29, 1.82) is 0 Å². The topological polar surface area (TPSA) is 124 Å². The van der Waals surface area contributed by atoms with Crippen molar-refractivity contribution in [2.24, 2.45) is 10.8 Å². The largest absolute Gasteiger partial charge is 0.451 e. The van der Waals surface area contributed by atoms with Gasteiger partial charge < -0.3 is 24.6 Å². The van der Waals surface area contributed by atoms with E-state index in [9.17, 15) is 18.8 Å². The Morgan fingerprint density at radius 3 is 2.43 bits per heavy atom. The van der Waals surface area contributed by atoms with Crippen LogP contribution in [0, 0.1) is 28.3 Å². The van der Waals surface area contributed by atoms with Gasteiger partial charge in [-0.15, -0.1) is 0 Å². The van der Waals surface area contributed by atoms with Crippen LogP contribution in [0.5, 0.6) is 11.5 Å². The number of ether oxygens (including phenoxy) is 1. The second-order valence-corrected chi connectivity index (χ2v) is 18.0. The number of likely N-dealkylation sites (tertiary alicyclic amines) is 1. The van der Waals surface area contributed by atoms with E-state index in [-0.39, 0.29) is 57.9 Å². The summed E-state index contributed by atoms with van der Waals surface area (Å²) >= 11 is 1.18.